The first-order valence-electron chi connectivity index (χ1n) is 4.84. The predicted octanol–water partition coefficient (Wildman–Crippen LogP) is 2.68. The average Bonchev–Trinajstić information content (AvgIpc) is 2.11. The van der Waals surface area contributed by atoms with E-state index in [1.165, 1.54) is 32.2 Å². The van der Waals surface area contributed by atoms with Crippen molar-refractivity contribution in [1.82, 2.24) is 0 Å². The Kier molecular flexibility index (Phi) is 8.19. The lowest BCUT2D eigenvalue weighted by Gasteiger charge is -2.11. The fourth-order valence-corrected chi connectivity index (χ4v) is 1.24. The third-order valence-electron chi connectivity index (χ3n) is 2.17. The Morgan fingerprint density at radius 3 is 2.58 bits per heavy atom. The van der Waals surface area contributed by atoms with E-state index in [0.717, 1.165) is 6.42 Å². The van der Waals surface area contributed by atoms with Crippen molar-refractivity contribution in [2.45, 2.75) is 46.0 Å². The van der Waals surface area contributed by atoms with Gasteiger partial charge in [0.25, 0.3) is 0 Å². The molecule has 0 aliphatic rings. The molecule has 2 nitrogen and oxygen atoms in total. The Labute approximate surface area is 75.3 Å². The monoisotopic (exact) mass is 171 g/mol. The molecule has 0 aliphatic heterocycles. The second-order valence-electron chi connectivity index (χ2n) is 3.16. The molecule has 2 heteroatoms. The lowest BCUT2D eigenvalue weighted by molar-refractivity contribution is 0.209. The highest BCUT2D eigenvalue weighted by Gasteiger charge is 2.05. The van der Waals surface area contributed by atoms with Gasteiger partial charge in [-0.2, -0.15) is 0 Å². The van der Waals surface area contributed by atoms with Crippen LogP contribution in [0.5, 0.6) is 0 Å². The summed E-state index contributed by atoms with van der Waals surface area (Å²) in [6.45, 7) is 6.34. The van der Waals surface area contributed by atoms with Gasteiger partial charge in [0.15, 0.2) is 0 Å². The van der Waals surface area contributed by atoms with E-state index in [4.69, 9.17) is 0 Å². The summed E-state index contributed by atoms with van der Waals surface area (Å²) in [6, 6.07) is 0. The fourth-order valence-electron chi connectivity index (χ4n) is 1.24. The minimum atomic E-state index is 0.540. The Morgan fingerprint density at radius 2 is 2.08 bits per heavy atom. The molecule has 0 heterocycles. The Bertz CT molecular complexity index is 102. The van der Waals surface area contributed by atoms with Crippen LogP contribution in [-0.2, 0) is 9.53 Å². The zero-order valence-corrected chi connectivity index (χ0v) is 8.14. The highest BCUT2D eigenvalue weighted by molar-refractivity contribution is 5.38. The Morgan fingerprint density at radius 1 is 1.33 bits per heavy atom. The van der Waals surface area contributed by atoms with E-state index in [1.807, 2.05) is 0 Å². The number of ether oxygens (including phenoxy) is 1. The van der Waals surface area contributed by atoms with Crippen molar-refractivity contribution >= 4 is 6.47 Å². The van der Waals surface area contributed by atoms with E-state index < -0.39 is 0 Å². The number of carbonyl (C=O) groups excluding carboxylic acids is 1. The summed E-state index contributed by atoms with van der Waals surface area (Å²) in [5.74, 6) is 0.540. The van der Waals surface area contributed by atoms with Gasteiger partial charge in [-0.1, -0.05) is 39.5 Å². The number of unbranched alkanes of at least 4 members (excludes halogenated alkanes) is 2. The lowest BCUT2D eigenvalue weighted by atomic mass is 10.00. The van der Waals surface area contributed by atoms with Crippen molar-refractivity contribution in [2.24, 2.45) is 5.92 Å². The molecule has 0 saturated heterocycles. The average molecular weight is 171 g/mol. The van der Waals surface area contributed by atoms with Crippen molar-refractivity contribution in [2.75, 3.05) is 6.61 Å². The maximum Gasteiger partial charge on any atom is 0.417 e. The normalized spacial score (nSPS) is 12.5. The van der Waals surface area contributed by atoms with Crippen LogP contribution in [-0.4, -0.2) is 13.1 Å². The van der Waals surface area contributed by atoms with Crippen LogP contribution in [0.2, 0.25) is 0 Å². The maximum atomic E-state index is 9.81. The van der Waals surface area contributed by atoms with Gasteiger partial charge in [-0.3, -0.25) is 0 Å². The number of rotatable bonds is 8. The van der Waals surface area contributed by atoms with Crippen LogP contribution in [0, 0.1) is 5.92 Å². The molecule has 0 aliphatic carbocycles. The minimum Gasteiger partial charge on any atom is -0.457 e. The first-order valence-corrected chi connectivity index (χ1v) is 4.84. The molecule has 0 aromatic carbocycles. The number of hydrogen-bond donors (Lipinski definition) is 0. The van der Waals surface area contributed by atoms with E-state index in [9.17, 15) is 4.79 Å². The largest absolute Gasteiger partial charge is 0.457 e. The highest BCUT2D eigenvalue weighted by Crippen LogP contribution is 2.13. The van der Waals surface area contributed by atoms with E-state index in [2.05, 4.69) is 18.6 Å². The molecule has 0 bridgehead atoms. The van der Waals surface area contributed by atoms with Crippen LogP contribution in [0.1, 0.15) is 46.0 Å². The Balaban J connectivity index is 3.32. The summed E-state index contributed by atoms with van der Waals surface area (Å²) < 4.78 is 4.61. The van der Waals surface area contributed by atoms with Gasteiger partial charge in [-0.15, -0.1) is 0 Å². The van der Waals surface area contributed by atoms with Gasteiger partial charge >= 0.3 is 6.47 Å². The van der Waals surface area contributed by atoms with Crippen molar-refractivity contribution in [1.29, 1.82) is 0 Å². The topological polar surface area (TPSA) is 26.3 Å². The standard InChI is InChI=1S/C10H19O2/c1-3-5-6-7-10(4-2)8-12-9-11/h10H,3-8H2,1-2H3. The van der Waals surface area contributed by atoms with E-state index in [0.29, 0.717) is 12.5 Å². The fraction of sp³-hybridized carbons (Fsp3) is 0.900. The van der Waals surface area contributed by atoms with Crippen LogP contribution in [0.4, 0.5) is 0 Å². The molecule has 0 N–H and O–H groups in total. The Hall–Kier alpha value is -0.530. The first kappa shape index (κ1) is 11.5. The van der Waals surface area contributed by atoms with Crippen LogP contribution in [0.15, 0.2) is 0 Å². The molecule has 0 spiro atoms. The molecule has 0 saturated carbocycles. The lowest BCUT2D eigenvalue weighted by Crippen LogP contribution is -2.07. The smallest absolute Gasteiger partial charge is 0.417 e. The summed E-state index contributed by atoms with van der Waals surface area (Å²) in [4.78, 5) is 9.81. The summed E-state index contributed by atoms with van der Waals surface area (Å²) in [5.41, 5.74) is 0. The minimum absolute atomic E-state index is 0.540. The van der Waals surface area contributed by atoms with E-state index >= 15 is 0 Å². The third-order valence-corrected chi connectivity index (χ3v) is 2.17. The molecular weight excluding hydrogens is 152 g/mol. The molecule has 0 fully saturated rings. The van der Waals surface area contributed by atoms with Gasteiger partial charge in [0, 0.05) is 0 Å². The molecule has 1 unspecified atom stereocenters. The number of hydrogen-bond acceptors (Lipinski definition) is 2. The zero-order chi connectivity index (χ0) is 9.23. The second kappa shape index (κ2) is 8.57. The van der Waals surface area contributed by atoms with Crippen molar-refractivity contribution in [3.05, 3.63) is 0 Å². The molecule has 1 radical (unpaired) electrons. The van der Waals surface area contributed by atoms with Gasteiger partial charge in [-0.05, 0) is 12.3 Å². The van der Waals surface area contributed by atoms with E-state index in [1.54, 1.807) is 0 Å². The van der Waals surface area contributed by atoms with E-state index in [-0.39, 0.29) is 0 Å². The van der Waals surface area contributed by atoms with Gasteiger partial charge in [0.1, 0.15) is 0 Å². The molecule has 0 rings (SSSR count). The molecule has 0 aromatic heterocycles. The van der Waals surface area contributed by atoms with Gasteiger partial charge < -0.3 is 4.74 Å². The quantitative estimate of drug-likeness (QED) is 0.525. The van der Waals surface area contributed by atoms with Crippen LogP contribution in [0.25, 0.3) is 0 Å². The highest BCUT2D eigenvalue weighted by atomic mass is 16.5. The maximum absolute atomic E-state index is 9.81. The summed E-state index contributed by atoms with van der Waals surface area (Å²) in [6.07, 6.45) is 6.03. The second-order valence-corrected chi connectivity index (χ2v) is 3.16. The van der Waals surface area contributed by atoms with Crippen LogP contribution < -0.4 is 0 Å². The summed E-state index contributed by atoms with van der Waals surface area (Å²) >= 11 is 0. The van der Waals surface area contributed by atoms with Crippen molar-refractivity contribution in [3.63, 3.8) is 0 Å². The SMILES string of the molecule is CCCCCC(CC)CO[C]=O. The summed E-state index contributed by atoms with van der Waals surface area (Å²) in [5, 5.41) is 0. The van der Waals surface area contributed by atoms with Crippen molar-refractivity contribution < 1.29 is 9.53 Å². The predicted molar refractivity (Wildman–Crippen MR) is 49.6 cm³/mol. The molecule has 71 valence electrons. The molecule has 0 aromatic rings. The van der Waals surface area contributed by atoms with Gasteiger partial charge in [0.05, 0.1) is 6.61 Å². The molecule has 12 heavy (non-hydrogen) atoms. The van der Waals surface area contributed by atoms with Crippen LogP contribution >= 0.6 is 0 Å². The van der Waals surface area contributed by atoms with Crippen molar-refractivity contribution in [3.8, 4) is 0 Å². The molecular formula is C10H19O2. The van der Waals surface area contributed by atoms with Gasteiger partial charge in [-0.25, -0.2) is 4.79 Å². The van der Waals surface area contributed by atoms with Gasteiger partial charge in [0.2, 0.25) is 0 Å². The third kappa shape index (κ3) is 6.20. The molecule has 0 amide bonds. The summed E-state index contributed by atoms with van der Waals surface area (Å²) in [7, 11) is 0. The van der Waals surface area contributed by atoms with Crippen LogP contribution in [0.3, 0.4) is 0 Å². The first-order chi connectivity index (χ1) is 5.85. The molecule has 1 atom stereocenters. The zero-order valence-electron chi connectivity index (χ0n) is 8.14.